The first-order valence-corrected chi connectivity index (χ1v) is 9.74. The number of hydrogen-bond acceptors (Lipinski definition) is 2. The van der Waals surface area contributed by atoms with E-state index in [4.69, 9.17) is 0 Å². The van der Waals surface area contributed by atoms with Gasteiger partial charge in [0.1, 0.15) is 5.82 Å². The molecule has 0 unspecified atom stereocenters. The van der Waals surface area contributed by atoms with Crippen molar-refractivity contribution in [3.05, 3.63) is 68.5 Å². The lowest BCUT2D eigenvalue weighted by molar-refractivity contribution is 0.0724. The fraction of sp³-hybridized carbons (Fsp3) is 0.300. The maximum atomic E-state index is 13.2. The highest BCUT2D eigenvalue weighted by Crippen LogP contribution is 2.16. The lowest BCUT2D eigenvalue weighted by Gasteiger charge is -2.26. The van der Waals surface area contributed by atoms with Crippen LogP contribution in [0.15, 0.2) is 42.5 Å². The van der Waals surface area contributed by atoms with Gasteiger partial charge in [0.25, 0.3) is 11.8 Å². The molecule has 0 aliphatic carbocycles. The van der Waals surface area contributed by atoms with Crippen LogP contribution in [0.3, 0.4) is 0 Å². The summed E-state index contributed by atoms with van der Waals surface area (Å²) >= 11 is 1.94. The van der Waals surface area contributed by atoms with E-state index in [9.17, 15) is 14.0 Å². The number of benzene rings is 2. The summed E-state index contributed by atoms with van der Waals surface area (Å²) in [6.07, 6.45) is 3.29. The Morgan fingerprint density at radius 3 is 2.58 bits per heavy atom. The zero-order chi connectivity index (χ0) is 18.5. The Hall–Kier alpha value is -1.96. The lowest BCUT2D eigenvalue weighted by atomic mass is 10.1. The van der Waals surface area contributed by atoms with E-state index in [0.717, 1.165) is 31.5 Å². The molecule has 0 bridgehead atoms. The Balaban J connectivity index is 1.65. The summed E-state index contributed by atoms with van der Waals surface area (Å²) in [4.78, 5) is 26.8. The van der Waals surface area contributed by atoms with Crippen molar-refractivity contribution in [1.82, 2.24) is 10.2 Å². The van der Waals surface area contributed by atoms with E-state index in [1.54, 1.807) is 0 Å². The Morgan fingerprint density at radius 2 is 1.85 bits per heavy atom. The standard InChI is InChI=1S/C20H20FIN2O2/c21-16-7-8-17(18(22)12-16)19(25)23-13-14-5-4-6-15(11-14)20(26)24-9-2-1-3-10-24/h4-8,11-12H,1-3,9-10,13H2,(H,23,25). The molecule has 2 amide bonds. The van der Waals surface area contributed by atoms with Crippen LogP contribution in [0.5, 0.6) is 0 Å². The van der Waals surface area contributed by atoms with Gasteiger partial charge in [-0.1, -0.05) is 12.1 Å². The molecule has 3 rings (SSSR count). The third-order valence-electron chi connectivity index (χ3n) is 4.45. The molecule has 0 radical (unpaired) electrons. The van der Waals surface area contributed by atoms with E-state index in [1.807, 2.05) is 51.8 Å². The van der Waals surface area contributed by atoms with Crippen LogP contribution in [0.1, 0.15) is 45.5 Å². The fourth-order valence-electron chi connectivity index (χ4n) is 3.05. The van der Waals surface area contributed by atoms with E-state index in [-0.39, 0.29) is 17.6 Å². The van der Waals surface area contributed by atoms with Crippen molar-refractivity contribution in [1.29, 1.82) is 0 Å². The van der Waals surface area contributed by atoms with E-state index in [1.165, 1.54) is 24.6 Å². The molecule has 0 atom stereocenters. The maximum absolute atomic E-state index is 13.2. The van der Waals surface area contributed by atoms with Crippen molar-refractivity contribution in [2.45, 2.75) is 25.8 Å². The monoisotopic (exact) mass is 466 g/mol. The van der Waals surface area contributed by atoms with Crippen molar-refractivity contribution in [2.75, 3.05) is 13.1 Å². The van der Waals surface area contributed by atoms with Crippen LogP contribution >= 0.6 is 22.6 Å². The van der Waals surface area contributed by atoms with Crippen LogP contribution in [0.2, 0.25) is 0 Å². The number of hydrogen-bond donors (Lipinski definition) is 1. The van der Waals surface area contributed by atoms with E-state index in [2.05, 4.69) is 5.32 Å². The van der Waals surface area contributed by atoms with Gasteiger partial charge in [-0.25, -0.2) is 4.39 Å². The van der Waals surface area contributed by atoms with Crippen molar-refractivity contribution < 1.29 is 14.0 Å². The van der Waals surface area contributed by atoms with Gasteiger partial charge in [0.2, 0.25) is 0 Å². The number of nitrogens with one attached hydrogen (secondary N) is 1. The SMILES string of the molecule is O=C(NCc1cccc(C(=O)N2CCCCC2)c1)c1ccc(F)cc1I. The number of amides is 2. The van der Waals surface area contributed by atoms with Crippen LogP contribution in [0.25, 0.3) is 0 Å². The molecule has 2 aromatic rings. The third kappa shape index (κ3) is 4.60. The Labute approximate surface area is 165 Å². The molecule has 2 aromatic carbocycles. The number of likely N-dealkylation sites (tertiary alicyclic amines) is 1. The van der Waals surface area contributed by atoms with E-state index < -0.39 is 0 Å². The molecule has 0 aromatic heterocycles. The zero-order valence-electron chi connectivity index (χ0n) is 14.3. The second-order valence-electron chi connectivity index (χ2n) is 6.36. The quantitative estimate of drug-likeness (QED) is 0.694. The number of carbonyl (C=O) groups excluding carboxylic acids is 2. The number of nitrogens with zero attached hydrogens (tertiary/aromatic N) is 1. The summed E-state index contributed by atoms with van der Waals surface area (Å²) in [6.45, 7) is 1.93. The van der Waals surface area contributed by atoms with Gasteiger partial charge < -0.3 is 10.2 Å². The van der Waals surface area contributed by atoms with E-state index >= 15 is 0 Å². The summed E-state index contributed by atoms with van der Waals surface area (Å²) in [7, 11) is 0. The normalized spacial score (nSPS) is 14.2. The Morgan fingerprint density at radius 1 is 1.08 bits per heavy atom. The van der Waals surface area contributed by atoms with E-state index in [0.29, 0.717) is 21.2 Å². The van der Waals surface area contributed by atoms with Crippen LogP contribution in [-0.2, 0) is 6.54 Å². The van der Waals surface area contributed by atoms with Crippen LogP contribution < -0.4 is 5.32 Å². The predicted molar refractivity (Wildman–Crippen MR) is 106 cm³/mol. The average Bonchev–Trinajstić information content (AvgIpc) is 2.66. The first kappa shape index (κ1) is 18.8. The summed E-state index contributed by atoms with van der Waals surface area (Å²) in [5.41, 5.74) is 1.95. The number of piperidine rings is 1. The summed E-state index contributed by atoms with van der Waals surface area (Å²) in [5, 5.41) is 2.83. The highest BCUT2D eigenvalue weighted by Gasteiger charge is 2.18. The van der Waals surface area contributed by atoms with Crippen molar-refractivity contribution in [3.63, 3.8) is 0 Å². The second kappa shape index (κ2) is 8.62. The average molecular weight is 466 g/mol. The highest BCUT2D eigenvalue weighted by molar-refractivity contribution is 14.1. The van der Waals surface area contributed by atoms with Crippen LogP contribution in [0, 0.1) is 9.39 Å². The molecule has 1 fully saturated rings. The molecule has 0 spiro atoms. The molecule has 0 saturated carbocycles. The van der Waals surface area contributed by atoms with Crippen LogP contribution in [-0.4, -0.2) is 29.8 Å². The Bertz CT molecular complexity index is 819. The molecular formula is C20H20FIN2O2. The zero-order valence-corrected chi connectivity index (χ0v) is 16.5. The smallest absolute Gasteiger partial charge is 0.253 e. The molecule has 4 nitrogen and oxygen atoms in total. The minimum atomic E-state index is -0.366. The summed E-state index contributed by atoms with van der Waals surface area (Å²) < 4.78 is 13.7. The number of carbonyl (C=O) groups is 2. The van der Waals surface area contributed by atoms with Crippen molar-refractivity contribution in [3.8, 4) is 0 Å². The van der Waals surface area contributed by atoms with Gasteiger partial charge in [0.05, 0.1) is 5.56 Å². The fourth-order valence-corrected chi connectivity index (χ4v) is 3.77. The summed E-state index contributed by atoms with van der Waals surface area (Å²) in [5.74, 6) is -0.581. The van der Waals surface area contributed by atoms with Gasteiger partial charge in [0.15, 0.2) is 0 Å². The molecule has 1 heterocycles. The summed E-state index contributed by atoms with van der Waals surface area (Å²) in [6, 6.07) is 11.4. The molecule has 1 saturated heterocycles. The first-order valence-electron chi connectivity index (χ1n) is 8.66. The third-order valence-corrected chi connectivity index (χ3v) is 5.34. The van der Waals surface area contributed by atoms with Crippen LogP contribution in [0.4, 0.5) is 4.39 Å². The van der Waals surface area contributed by atoms with Gasteiger partial charge in [0, 0.05) is 28.8 Å². The topological polar surface area (TPSA) is 49.4 Å². The predicted octanol–water partition coefficient (Wildman–Crippen LogP) is 3.99. The second-order valence-corrected chi connectivity index (χ2v) is 7.52. The minimum Gasteiger partial charge on any atom is -0.348 e. The molecule has 136 valence electrons. The maximum Gasteiger partial charge on any atom is 0.253 e. The largest absolute Gasteiger partial charge is 0.348 e. The molecule has 6 heteroatoms. The molecule has 1 aliphatic rings. The van der Waals surface area contributed by atoms with Gasteiger partial charge in [-0.3, -0.25) is 9.59 Å². The number of rotatable bonds is 4. The van der Waals surface area contributed by atoms with Gasteiger partial charge in [-0.05, 0) is 77.7 Å². The van der Waals surface area contributed by atoms with Crippen molar-refractivity contribution >= 4 is 34.4 Å². The highest BCUT2D eigenvalue weighted by atomic mass is 127. The van der Waals surface area contributed by atoms with Gasteiger partial charge >= 0.3 is 0 Å². The van der Waals surface area contributed by atoms with Gasteiger partial charge in [-0.15, -0.1) is 0 Å². The first-order chi connectivity index (χ1) is 12.5. The lowest BCUT2D eigenvalue weighted by Crippen LogP contribution is -2.35. The van der Waals surface area contributed by atoms with Gasteiger partial charge in [-0.2, -0.15) is 0 Å². The molecule has 1 N–H and O–H groups in total. The number of halogens is 2. The minimum absolute atomic E-state index is 0.0472. The molecular weight excluding hydrogens is 446 g/mol. The Kier molecular flexibility index (Phi) is 6.24. The molecule has 1 aliphatic heterocycles. The van der Waals surface area contributed by atoms with Crippen molar-refractivity contribution in [2.24, 2.45) is 0 Å². The molecule has 26 heavy (non-hydrogen) atoms.